The van der Waals surface area contributed by atoms with Gasteiger partial charge in [-0.3, -0.25) is 4.98 Å². The quantitative estimate of drug-likeness (QED) is 0.613. The highest BCUT2D eigenvalue weighted by Gasteiger charge is 2.33. The summed E-state index contributed by atoms with van der Waals surface area (Å²) in [6.45, 7) is 1.78. The molecule has 0 unspecified atom stereocenters. The zero-order valence-corrected chi connectivity index (χ0v) is 14.3. The van der Waals surface area contributed by atoms with Crippen LogP contribution in [0.3, 0.4) is 0 Å². The fourth-order valence-corrected chi connectivity index (χ4v) is 3.17. The Morgan fingerprint density at radius 3 is 2.58 bits per heavy atom. The Balaban J connectivity index is 1.97. The van der Waals surface area contributed by atoms with Crippen molar-refractivity contribution < 1.29 is 13.2 Å². The molecule has 2 heterocycles. The number of aromatic nitrogens is 3. The molecule has 3 aromatic rings. The summed E-state index contributed by atoms with van der Waals surface area (Å²) in [7, 11) is 0. The molecule has 0 bridgehead atoms. The van der Waals surface area contributed by atoms with Crippen LogP contribution in [0.15, 0.2) is 58.7 Å². The van der Waals surface area contributed by atoms with Crippen LogP contribution >= 0.6 is 11.8 Å². The van der Waals surface area contributed by atoms with Crippen LogP contribution in [0.25, 0.3) is 11.4 Å². The van der Waals surface area contributed by atoms with Gasteiger partial charge in [0.05, 0.1) is 17.2 Å². The Bertz CT molecular complexity index is 982. The van der Waals surface area contributed by atoms with Crippen molar-refractivity contribution >= 4 is 11.8 Å². The molecule has 8 heteroatoms. The van der Waals surface area contributed by atoms with Crippen LogP contribution in [0.2, 0.25) is 0 Å². The smallest absolute Gasteiger partial charge is 0.264 e. The fraction of sp³-hybridized carbons (Fsp3) is 0.111. The van der Waals surface area contributed by atoms with Crippen molar-refractivity contribution in [2.45, 2.75) is 23.0 Å². The van der Waals surface area contributed by atoms with Crippen LogP contribution in [0.4, 0.5) is 13.2 Å². The molecule has 1 aromatic carbocycles. The van der Waals surface area contributed by atoms with E-state index in [-0.39, 0.29) is 0 Å². The first-order valence-corrected chi connectivity index (χ1v) is 8.24. The van der Waals surface area contributed by atoms with Gasteiger partial charge in [-0.25, -0.2) is 9.97 Å². The lowest BCUT2D eigenvalue weighted by atomic mass is 10.1. The molecule has 2 aromatic heterocycles. The van der Waals surface area contributed by atoms with Crippen LogP contribution in [-0.2, 0) is 6.18 Å². The number of nitrogens with zero attached hydrogens (tertiary/aromatic N) is 4. The van der Waals surface area contributed by atoms with Gasteiger partial charge in [-0.2, -0.15) is 18.4 Å². The average molecular weight is 372 g/mol. The second-order valence-corrected chi connectivity index (χ2v) is 6.43. The summed E-state index contributed by atoms with van der Waals surface area (Å²) in [4.78, 5) is 13.1. The molecule has 26 heavy (non-hydrogen) atoms. The normalized spacial score (nSPS) is 11.2. The van der Waals surface area contributed by atoms with Gasteiger partial charge in [0, 0.05) is 28.5 Å². The summed E-state index contributed by atoms with van der Waals surface area (Å²) in [5.74, 6) is 0.449. The van der Waals surface area contributed by atoms with E-state index >= 15 is 0 Å². The molecule has 0 radical (unpaired) electrons. The Labute approximate surface area is 151 Å². The Morgan fingerprint density at radius 1 is 1.12 bits per heavy atom. The summed E-state index contributed by atoms with van der Waals surface area (Å²) < 4.78 is 39.3. The summed E-state index contributed by atoms with van der Waals surface area (Å²) in [5.41, 5.74) is 0.0416. The predicted molar refractivity (Wildman–Crippen MR) is 90.3 cm³/mol. The van der Waals surface area contributed by atoms with Gasteiger partial charge < -0.3 is 0 Å². The number of hydrogen-bond donors (Lipinski definition) is 0. The maximum absolute atomic E-state index is 13.1. The van der Waals surface area contributed by atoms with Crippen LogP contribution in [0.5, 0.6) is 0 Å². The van der Waals surface area contributed by atoms with E-state index in [1.807, 2.05) is 0 Å². The number of nitriles is 1. The van der Waals surface area contributed by atoms with E-state index in [0.717, 1.165) is 17.8 Å². The van der Waals surface area contributed by atoms with Gasteiger partial charge in [0.1, 0.15) is 5.03 Å². The van der Waals surface area contributed by atoms with Crippen molar-refractivity contribution in [3.63, 3.8) is 0 Å². The molecule has 130 valence electrons. The molecule has 0 N–H and O–H groups in total. The number of hydrogen-bond acceptors (Lipinski definition) is 5. The standard InChI is InChI=1S/C18H11F3N4S/c1-11-7-16(25-17(24-11)13-3-2-6-23-10-13)26-14-5-4-12(9-22)15(8-14)18(19,20)21/h2-8,10H,1H3. The average Bonchev–Trinajstić information content (AvgIpc) is 2.61. The van der Waals surface area contributed by atoms with Crippen molar-refractivity contribution in [1.29, 1.82) is 5.26 Å². The molecule has 0 amide bonds. The number of pyridine rings is 1. The lowest BCUT2D eigenvalue weighted by Crippen LogP contribution is -2.07. The van der Waals surface area contributed by atoms with Crippen LogP contribution in [0, 0.1) is 18.3 Å². The molecule has 4 nitrogen and oxygen atoms in total. The Kier molecular flexibility index (Phi) is 4.91. The summed E-state index contributed by atoms with van der Waals surface area (Å²) in [6.07, 6.45) is -1.35. The lowest BCUT2D eigenvalue weighted by molar-refractivity contribution is -0.137. The van der Waals surface area contributed by atoms with Crippen molar-refractivity contribution in [2.75, 3.05) is 0 Å². The van der Waals surface area contributed by atoms with Crippen molar-refractivity contribution in [3.8, 4) is 17.5 Å². The van der Waals surface area contributed by atoms with Gasteiger partial charge in [-0.1, -0.05) is 11.8 Å². The molecule has 0 aliphatic carbocycles. The van der Waals surface area contributed by atoms with E-state index < -0.39 is 17.3 Å². The first kappa shape index (κ1) is 17.9. The number of halogens is 3. The molecular formula is C18H11F3N4S. The molecule has 0 aliphatic rings. The SMILES string of the molecule is Cc1cc(Sc2ccc(C#N)c(C(F)(F)F)c2)nc(-c2cccnc2)n1. The van der Waals surface area contributed by atoms with Crippen LogP contribution in [-0.4, -0.2) is 15.0 Å². The minimum absolute atomic E-state index is 0.339. The highest BCUT2D eigenvalue weighted by atomic mass is 32.2. The summed E-state index contributed by atoms with van der Waals surface area (Å²) in [6, 6.07) is 10.4. The largest absolute Gasteiger partial charge is 0.417 e. The second-order valence-electron chi connectivity index (χ2n) is 5.33. The van der Waals surface area contributed by atoms with E-state index in [9.17, 15) is 13.2 Å². The second kappa shape index (κ2) is 7.14. The maximum atomic E-state index is 13.1. The molecule has 3 rings (SSSR count). The first-order chi connectivity index (χ1) is 12.4. The number of aryl methyl sites for hydroxylation is 1. The third kappa shape index (κ3) is 4.00. The molecule has 0 fully saturated rings. The maximum Gasteiger partial charge on any atom is 0.417 e. The first-order valence-electron chi connectivity index (χ1n) is 7.42. The third-order valence-corrected chi connectivity index (χ3v) is 4.30. The Hall–Kier alpha value is -2.92. The van der Waals surface area contributed by atoms with Crippen molar-refractivity contribution in [2.24, 2.45) is 0 Å². The zero-order chi connectivity index (χ0) is 18.7. The molecule has 0 spiro atoms. The Morgan fingerprint density at radius 2 is 1.92 bits per heavy atom. The van der Waals surface area contributed by atoms with E-state index in [1.165, 1.54) is 12.1 Å². The van der Waals surface area contributed by atoms with Gasteiger partial charge >= 0.3 is 6.18 Å². The topological polar surface area (TPSA) is 62.5 Å². The lowest BCUT2D eigenvalue weighted by Gasteiger charge is -2.11. The van der Waals surface area contributed by atoms with Crippen LogP contribution < -0.4 is 0 Å². The van der Waals surface area contributed by atoms with Gasteiger partial charge in [-0.15, -0.1) is 0 Å². The van der Waals surface area contributed by atoms with Gasteiger partial charge in [0.2, 0.25) is 0 Å². The summed E-state index contributed by atoms with van der Waals surface area (Å²) in [5, 5.41) is 9.39. The van der Waals surface area contributed by atoms with Gasteiger partial charge in [0.25, 0.3) is 0 Å². The number of alkyl halides is 3. The predicted octanol–water partition coefficient (Wildman–Crippen LogP) is 4.89. The van der Waals surface area contributed by atoms with E-state index in [4.69, 9.17) is 5.26 Å². The summed E-state index contributed by atoms with van der Waals surface area (Å²) >= 11 is 1.08. The monoisotopic (exact) mass is 372 g/mol. The highest BCUT2D eigenvalue weighted by Crippen LogP contribution is 2.36. The van der Waals surface area contributed by atoms with Crippen molar-refractivity contribution in [1.82, 2.24) is 15.0 Å². The molecular weight excluding hydrogens is 361 g/mol. The van der Waals surface area contributed by atoms with E-state index in [1.54, 1.807) is 43.6 Å². The molecule has 0 saturated carbocycles. The number of benzene rings is 1. The third-order valence-electron chi connectivity index (χ3n) is 3.39. The van der Waals surface area contributed by atoms with E-state index in [2.05, 4.69) is 15.0 Å². The van der Waals surface area contributed by atoms with Gasteiger partial charge in [0.15, 0.2) is 5.82 Å². The molecule has 0 atom stereocenters. The van der Waals surface area contributed by atoms with Gasteiger partial charge in [-0.05, 0) is 43.3 Å². The molecule has 0 aliphatic heterocycles. The van der Waals surface area contributed by atoms with Crippen LogP contribution in [0.1, 0.15) is 16.8 Å². The molecule has 0 saturated heterocycles. The van der Waals surface area contributed by atoms with Crippen molar-refractivity contribution in [3.05, 3.63) is 65.6 Å². The minimum atomic E-state index is -4.59. The minimum Gasteiger partial charge on any atom is -0.264 e. The highest BCUT2D eigenvalue weighted by molar-refractivity contribution is 7.99. The fourth-order valence-electron chi connectivity index (χ4n) is 2.26. The van der Waals surface area contributed by atoms with E-state index in [0.29, 0.717) is 27.0 Å². The number of rotatable bonds is 3. The zero-order valence-electron chi connectivity index (χ0n) is 13.4.